The van der Waals surface area contributed by atoms with Crippen molar-refractivity contribution in [3.8, 4) is 6.19 Å². The highest BCUT2D eigenvalue weighted by Crippen LogP contribution is 2.32. The molecule has 1 aliphatic carbocycles. The van der Waals surface area contributed by atoms with E-state index in [1.165, 1.54) is 6.07 Å². The van der Waals surface area contributed by atoms with Crippen LogP contribution in [0.2, 0.25) is 0 Å². The molecule has 88 valence electrons. The maximum Gasteiger partial charge on any atom is 0.337 e. The molecule has 0 aliphatic heterocycles. The maximum atomic E-state index is 11.9. The second-order valence-electron chi connectivity index (χ2n) is 4.25. The van der Waals surface area contributed by atoms with E-state index in [1.54, 1.807) is 6.19 Å². The van der Waals surface area contributed by atoms with Gasteiger partial charge in [-0.2, -0.15) is 5.26 Å². The number of hydrogen-bond acceptors (Lipinski definition) is 3. The van der Waals surface area contributed by atoms with Gasteiger partial charge in [0.25, 0.3) is 5.56 Å². The van der Waals surface area contributed by atoms with Gasteiger partial charge in [-0.3, -0.25) is 4.79 Å². The van der Waals surface area contributed by atoms with Crippen molar-refractivity contribution in [2.45, 2.75) is 31.6 Å². The number of carbonyl (C=O) groups is 1. The van der Waals surface area contributed by atoms with Crippen molar-refractivity contribution >= 4 is 5.97 Å². The van der Waals surface area contributed by atoms with Gasteiger partial charge in [-0.15, -0.1) is 0 Å². The smallest absolute Gasteiger partial charge is 0.337 e. The van der Waals surface area contributed by atoms with E-state index in [2.05, 4.69) is 0 Å². The summed E-state index contributed by atoms with van der Waals surface area (Å²) in [5.74, 6) is -1.02. The molecule has 2 rings (SSSR count). The molecule has 1 aliphatic rings. The van der Waals surface area contributed by atoms with Gasteiger partial charge in [-0.05, 0) is 24.8 Å². The molecule has 0 amide bonds. The first kappa shape index (κ1) is 11.4. The fourth-order valence-electron chi connectivity index (χ4n) is 2.32. The van der Waals surface area contributed by atoms with Crippen LogP contribution >= 0.6 is 0 Å². The molecule has 0 spiro atoms. The molecule has 0 aromatic carbocycles. The van der Waals surface area contributed by atoms with Gasteiger partial charge < -0.3 is 5.11 Å². The summed E-state index contributed by atoms with van der Waals surface area (Å²) in [6.07, 6.45) is 6.65. The number of pyridine rings is 1. The van der Waals surface area contributed by atoms with Crippen LogP contribution in [-0.2, 0) is 0 Å². The van der Waals surface area contributed by atoms with Gasteiger partial charge in [0.2, 0.25) is 0 Å². The number of aromatic nitrogens is 1. The Morgan fingerprint density at radius 3 is 2.65 bits per heavy atom. The van der Waals surface area contributed by atoms with E-state index in [4.69, 9.17) is 10.4 Å². The third-order valence-electron chi connectivity index (χ3n) is 3.19. The Bertz CT molecular complexity index is 548. The third-order valence-corrected chi connectivity index (χ3v) is 3.19. The van der Waals surface area contributed by atoms with Crippen LogP contribution in [0.4, 0.5) is 0 Å². The predicted molar refractivity (Wildman–Crippen MR) is 59.9 cm³/mol. The second-order valence-corrected chi connectivity index (χ2v) is 4.25. The first-order valence-electron chi connectivity index (χ1n) is 5.53. The lowest BCUT2D eigenvalue weighted by Crippen LogP contribution is -2.23. The van der Waals surface area contributed by atoms with Crippen LogP contribution in [0.3, 0.4) is 0 Å². The minimum atomic E-state index is -1.12. The van der Waals surface area contributed by atoms with E-state index in [-0.39, 0.29) is 17.0 Å². The topological polar surface area (TPSA) is 83.1 Å². The number of carboxylic acid groups (broad SMARTS) is 1. The fourth-order valence-corrected chi connectivity index (χ4v) is 2.32. The van der Waals surface area contributed by atoms with Gasteiger partial charge in [0, 0.05) is 11.8 Å². The molecule has 5 nitrogen and oxygen atoms in total. The lowest BCUT2D eigenvalue weighted by atomic mass is 9.98. The Kier molecular flexibility index (Phi) is 2.96. The first-order valence-corrected chi connectivity index (χ1v) is 5.53. The summed E-state index contributed by atoms with van der Waals surface area (Å²) in [5, 5.41) is 17.8. The van der Waals surface area contributed by atoms with Gasteiger partial charge in [0.05, 0.1) is 5.56 Å². The fraction of sp³-hybridized carbons (Fsp3) is 0.417. The number of nitriles is 1. The molecule has 5 heteroatoms. The summed E-state index contributed by atoms with van der Waals surface area (Å²) in [4.78, 5) is 22.8. The highest BCUT2D eigenvalue weighted by molar-refractivity contribution is 5.87. The van der Waals surface area contributed by atoms with Crippen molar-refractivity contribution in [3.63, 3.8) is 0 Å². The number of hydrogen-bond donors (Lipinski definition) is 1. The molecule has 1 aromatic rings. The van der Waals surface area contributed by atoms with Gasteiger partial charge in [0.1, 0.15) is 0 Å². The number of aromatic carboxylic acids is 1. The van der Waals surface area contributed by atoms with E-state index >= 15 is 0 Å². The van der Waals surface area contributed by atoms with Crippen LogP contribution in [0.5, 0.6) is 0 Å². The summed E-state index contributed by atoms with van der Waals surface area (Å²) < 4.78 is 0.803. The monoisotopic (exact) mass is 232 g/mol. The number of carboxylic acids is 1. The van der Waals surface area contributed by atoms with E-state index in [9.17, 15) is 9.59 Å². The SMILES string of the molecule is N#Cn1cc(C(=O)O)cc(C2CCCC2)c1=O. The lowest BCUT2D eigenvalue weighted by Gasteiger charge is -2.10. The molecule has 1 fully saturated rings. The summed E-state index contributed by atoms with van der Waals surface area (Å²) in [6.45, 7) is 0. The minimum absolute atomic E-state index is 0.00644. The van der Waals surface area contributed by atoms with Crippen molar-refractivity contribution in [1.29, 1.82) is 5.26 Å². The summed E-state index contributed by atoms with van der Waals surface area (Å²) >= 11 is 0. The summed E-state index contributed by atoms with van der Waals surface area (Å²) in [5.41, 5.74) is 0.0707. The van der Waals surface area contributed by atoms with Gasteiger partial charge in [-0.1, -0.05) is 12.8 Å². The average Bonchev–Trinajstić information content (AvgIpc) is 2.82. The zero-order valence-corrected chi connectivity index (χ0v) is 9.22. The van der Waals surface area contributed by atoms with Gasteiger partial charge >= 0.3 is 5.97 Å². The number of rotatable bonds is 2. The Labute approximate surface area is 97.9 Å². The average molecular weight is 232 g/mol. The molecular formula is C12H12N2O3. The molecule has 1 heterocycles. The Balaban J connectivity index is 2.57. The number of nitrogens with zero attached hydrogens (tertiary/aromatic N) is 2. The molecule has 0 atom stereocenters. The largest absolute Gasteiger partial charge is 0.478 e. The Morgan fingerprint density at radius 1 is 1.47 bits per heavy atom. The van der Waals surface area contributed by atoms with E-state index in [0.29, 0.717) is 5.56 Å². The molecule has 1 N–H and O–H groups in total. The molecule has 0 unspecified atom stereocenters. The van der Waals surface area contributed by atoms with Crippen LogP contribution in [-0.4, -0.2) is 15.6 Å². The van der Waals surface area contributed by atoms with Crippen molar-refractivity contribution < 1.29 is 9.90 Å². The van der Waals surface area contributed by atoms with Crippen LogP contribution in [0.1, 0.15) is 47.5 Å². The Morgan fingerprint density at radius 2 is 2.12 bits per heavy atom. The van der Waals surface area contributed by atoms with Crippen LogP contribution in [0.25, 0.3) is 0 Å². The second kappa shape index (κ2) is 4.42. The third kappa shape index (κ3) is 2.07. The van der Waals surface area contributed by atoms with Crippen molar-refractivity contribution in [2.24, 2.45) is 0 Å². The van der Waals surface area contributed by atoms with Gasteiger partial charge in [0.15, 0.2) is 6.19 Å². The molecule has 0 saturated heterocycles. The zero-order valence-electron chi connectivity index (χ0n) is 9.22. The zero-order chi connectivity index (χ0) is 12.4. The quantitative estimate of drug-likeness (QED) is 0.838. The molecule has 1 saturated carbocycles. The molecule has 0 radical (unpaired) electrons. The highest BCUT2D eigenvalue weighted by Gasteiger charge is 2.22. The Hall–Kier alpha value is -2.09. The molecular weight excluding hydrogens is 220 g/mol. The summed E-state index contributed by atoms with van der Waals surface area (Å²) in [6, 6.07) is 1.41. The van der Waals surface area contributed by atoms with E-state index < -0.39 is 5.97 Å². The molecule has 1 aromatic heterocycles. The first-order chi connectivity index (χ1) is 8.13. The minimum Gasteiger partial charge on any atom is -0.478 e. The summed E-state index contributed by atoms with van der Waals surface area (Å²) in [7, 11) is 0. The van der Waals surface area contributed by atoms with Crippen molar-refractivity contribution in [2.75, 3.05) is 0 Å². The normalized spacial score (nSPS) is 15.7. The lowest BCUT2D eigenvalue weighted by molar-refractivity contribution is 0.0696. The van der Waals surface area contributed by atoms with Gasteiger partial charge in [-0.25, -0.2) is 9.36 Å². The van der Waals surface area contributed by atoms with Crippen molar-refractivity contribution in [3.05, 3.63) is 33.7 Å². The van der Waals surface area contributed by atoms with Crippen molar-refractivity contribution in [1.82, 2.24) is 4.57 Å². The standard InChI is InChI=1S/C12H12N2O3/c13-7-14-6-9(12(16)17)5-10(11(14)15)8-3-1-2-4-8/h5-6,8H,1-4H2,(H,16,17). The van der Waals surface area contributed by atoms with Crippen LogP contribution < -0.4 is 5.56 Å². The van der Waals surface area contributed by atoms with Crippen LogP contribution in [0, 0.1) is 11.5 Å². The highest BCUT2D eigenvalue weighted by atomic mass is 16.4. The van der Waals surface area contributed by atoms with E-state index in [0.717, 1.165) is 36.4 Å². The predicted octanol–water partition coefficient (Wildman–Crippen LogP) is 1.53. The molecule has 17 heavy (non-hydrogen) atoms. The van der Waals surface area contributed by atoms with Crippen LogP contribution in [0.15, 0.2) is 17.1 Å². The molecule has 0 bridgehead atoms. The van der Waals surface area contributed by atoms with E-state index in [1.807, 2.05) is 0 Å². The maximum absolute atomic E-state index is 11.9.